The number of carbonyl (C=O) groups excluding carboxylic acids is 6. The van der Waals surface area contributed by atoms with Crippen molar-refractivity contribution in [2.24, 2.45) is 22.7 Å². The van der Waals surface area contributed by atoms with Crippen LogP contribution in [0.25, 0.3) is 0 Å². The predicted octanol–water partition coefficient (Wildman–Crippen LogP) is 5.51. The summed E-state index contributed by atoms with van der Waals surface area (Å²) < 4.78 is 29.6. The van der Waals surface area contributed by atoms with Gasteiger partial charge in [0.05, 0.1) is 23.7 Å². The number of esters is 2. The number of hydrogen-bond acceptors (Lipinski definition) is 12. The lowest BCUT2D eigenvalue weighted by Gasteiger charge is -2.65. The van der Waals surface area contributed by atoms with Crippen LogP contribution in [0.1, 0.15) is 105 Å². The molecule has 1 aliphatic heterocycles. The summed E-state index contributed by atoms with van der Waals surface area (Å²) in [5, 5.41) is 12.7. The molecule has 2 fully saturated rings. The van der Waals surface area contributed by atoms with Crippen molar-refractivity contribution in [1.29, 1.82) is 0 Å². The van der Waals surface area contributed by atoms with Crippen molar-refractivity contribution < 1.29 is 57.6 Å². The molecule has 1 aromatic carbocycles. The number of rotatable bonds is 12. The lowest BCUT2D eigenvalue weighted by molar-refractivity contribution is -0.306. The SMILES string of the molecule is CC(=O)C[C@@]12COC1C[C@H](OC(=O)OC(C)(C)C)[C@@](C)(C(=O)[C@@H](CC(C)C)OC(C)=O)[C@@H]2[C@H](OC(=O)c1ccccc1)[C@]1(O)CC(=O)C(C)=C1C. The molecule has 1 aromatic rings. The van der Waals surface area contributed by atoms with Crippen LogP contribution in [-0.4, -0.2) is 82.8 Å². The van der Waals surface area contributed by atoms with Crippen LogP contribution in [0.3, 0.4) is 0 Å². The largest absolute Gasteiger partial charge is 0.509 e. The van der Waals surface area contributed by atoms with Gasteiger partial charge >= 0.3 is 18.1 Å². The minimum atomic E-state index is -2.15. The van der Waals surface area contributed by atoms with Crippen LogP contribution in [0.4, 0.5) is 4.79 Å². The van der Waals surface area contributed by atoms with E-state index in [2.05, 4.69) is 0 Å². The van der Waals surface area contributed by atoms with E-state index in [0.717, 1.165) is 0 Å². The van der Waals surface area contributed by atoms with Crippen molar-refractivity contribution in [3.05, 3.63) is 47.0 Å². The van der Waals surface area contributed by atoms with Gasteiger partial charge in [-0.1, -0.05) is 32.0 Å². The van der Waals surface area contributed by atoms with E-state index in [4.69, 9.17) is 23.7 Å². The molecule has 1 unspecified atom stereocenters. The minimum absolute atomic E-state index is 0.0652. The number of ether oxygens (including phenoxy) is 5. The summed E-state index contributed by atoms with van der Waals surface area (Å²) >= 11 is 0. The Labute approximate surface area is 299 Å². The van der Waals surface area contributed by atoms with E-state index in [1.54, 1.807) is 52.8 Å². The smallest absolute Gasteiger partial charge is 0.455 e. The molecule has 2 aliphatic carbocycles. The van der Waals surface area contributed by atoms with Crippen molar-refractivity contribution in [3.8, 4) is 0 Å². The fourth-order valence-corrected chi connectivity index (χ4v) is 8.21. The molecule has 1 saturated carbocycles. The molecular formula is C39H52O12. The molecule has 3 aliphatic rings. The third-order valence-corrected chi connectivity index (χ3v) is 10.7. The van der Waals surface area contributed by atoms with Crippen LogP contribution in [0.2, 0.25) is 0 Å². The summed E-state index contributed by atoms with van der Waals surface area (Å²) in [5.74, 6) is -4.35. The third kappa shape index (κ3) is 7.82. The maximum Gasteiger partial charge on any atom is 0.509 e. The summed E-state index contributed by atoms with van der Waals surface area (Å²) in [6.07, 6.45) is -6.85. The Morgan fingerprint density at radius 3 is 2.12 bits per heavy atom. The maximum atomic E-state index is 15.3. The van der Waals surface area contributed by atoms with Gasteiger partial charge in [-0.15, -0.1) is 0 Å². The van der Waals surface area contributed by atoms with Crippen LogP contribution in [-0.2, 0) is 42.9 Å². The van der Waals surface area contributed by atoms with Crippen LogP contribution >= 0.6 is 0 Å². The maximum absolute atomic E-state index is 15.3. The van der Waals surface area contributed by atoms with Crippen LogP contribution in [0.15, 0.2) is 41.5 Å². The molecule has 12 heteroatoms. The summed E-state index contributed by atoms with van der Waals surface area (Å²) in [6, 6.07) is 8.03. The molecule has 1 N–H and O–H groups in total. The van der Waals surface area contributed by atoms with Crippen molar-refractivity contribution in [3.63, 3.8) is 0 Å². The number of carbonyl (C=O) groups is 6. The Morgan fingerprint density at radius 1 is 1.02 bits per heavy atom. The van der Waals surface area contributed by atoms with Crippen molar-refractivity contribution in [2.75, 3.05) is 6.61 Å². The molecule has 12 nitrogen and oxygen atoms in total. The van der Waals surface area contributed by atoms with Crippen LogP contribution in [0.5, 0.6) is 0 Å². The molecule has 8 atom stereocenters. The van der Waals surface area contributed by atoms with Crippen molar-refractivity contribution >= 4 is 35.4 Å². The van der Waals surface area contributed by atoms with Gasteiger partial charge in [0.1, 0.15) is 29.2 Å². The van der Waals surface area contributed by atoms with E-state index in [1.807, 2.05) is 13.8 Å². The van der Waals surface area contributed by atoms with Gasteiger partial charge < -0.3 is 33.6 Å². The number of fused-ring (bicyclic) bond motifs is 1. The lowest BCUT2D eigenvalue weighted by atomic mass is 9.45. The quantitative estimate of drug-likeness (QED) is 0.213. The Balaban J connectivity index is 2.06. The van der Waals surface area contributed by atoms with Crippen LogP contribution in [0, 0.1) is 22.7 Å². The van der Waals surface area contributed by atoms with Crippen molar-refractivity contribution in [1.82, 2.24) is 0 Å². The number of benzene rings is 1. The summed E-state index contributed by atoms with van der Waals surface area (Å²) in [7, 11) is 0. The van der Waals surface area contributed by atoms with Gasteiger partial charge in [-0.25, -0.2) is 9.59 Å². The summed E-state index contributed by atoms with van der Waals surface area (Å²) in [6.45, 7) is 15.8. The second kappa shape index (κ2) is 14.6. The second-order valence-corrected chi connectivity index (χ2v) is 16.0. The third-order valence-electron chi connectivity index (χ3n) is 10.7. The molecule has 0 spiro atoms. The Kier molecular flexibility index (Phi) is 11.4. The van der Waals surface area contributed by atoms with Gasteiger partial charge in [0.2, 0.25) is 0 Å². The molecule has 0 radical (unpaired) electrons. The van der Waals surface area contributed by atoms with Gasteiger partial charge in [-0.2, -0.15) is 0 Å². The topological polar surface area (TPSA) is 169 Å². The number of allylic oxidation sites excluding steroid dienone is 1. The number of Topliss-reactive ketones (excluding diaryl/α,β-unsaturated/α-hetero) is 3. The van der Waals surface area contributed by atoms with E-state index in [0.29, 0.717) is 0 Å². The zero-order chi connectivity index (χ0) is 38.3. The summed E-state index contributed by atoms with van der Waals surface area (Å²) in [5.41, 5.74) is -5.65. The first-order valence-electron chi connectivity index (χ1n) is 17.5. The van der Waals surface area contributed by atoms with Gasteiger partial charge in [-0.05, 0) is 84.1 Å². The number of hydrogen-bond donors (Lipinski definition) is 1. The zero-order valence-corrected chi connectivity index (χ0v) is 31.3. The molecule has 0 amide bonds. The van der Waals surface area contributed by atoms with Gasteiger partial charge in [0.25, 0.3) is 0 Å². The molecule has 51 heavy (non-hydrogen) atoms. The standard InChI is InChI=1S/C39H52O12/c1-21(2)16-28(48-25(6)41)32(43)37(10)29(49-35(45)51-36(7,8)9)17-30-38(20-47-30,18-22(3)40)31(37)33(39(46)19-27(42)23(4)24(39)5)50-34(44)26-14-12-11-13-15-26/h11-15,21,28-31,33,46H,16-20H2,1-10H3/t28-,29+,30?,31+,33+,37-,38-,39+/m1/s1. The summed E-state index contributed by atoms with van der Waals surface area (Å²) in [4.78, 5) is 81.7. The van der Waals surface area contributed by atoms with E-state index in [9.17, 15) is 29.1 Å². The fourth-order valence-electron chi connectivity index (χ4n) is 8.21. The first kappa shape index (κ1) is 39.9. The molecular weight excluding hydrogens is 660 g/mol. The van der Waals surface area contributed by atoms with E-state index < -0.39 is 82.7 Å². The Hall–Kier alpha value is -3.90. The minimum Gasteiger partial charge on any atom is -0.455 e. The molecule has 0 bridgehead atoms. The van der Waals surface area contributed by atoms with Gasteiger partial charge in [-0.3, -0.25) is 14.4 Å². The first-order chi connectivity index (χ1) is 23.6. The fraction of sp³-hybridized carbons (Fsp3) is 0.641. The molecule has 0 aromatic heterocycles. The highest BCUT2D eigenvalue weighted by molar-refractivity contribution is 6.00. The average molecular weight is 713 g/mol. The normalized spacial score (nSPS) is 30.1. The molecule has 1 saturated heterocycles. The van der Waals surface area contributed by atoms with Gasteiger partial charge in [0.15, 0.2) is 17.7 Å². The molecule has 280 valence electrons. The number of ketones is 3. The van der Waals surface area contributed by atoms with Gasteiger partial charge in [0, 0.05) is 37.5 Å². The predicted molar refractivity (Wildman–Crippen MR) is 183 cm³/mol. The van der Waals surface area contributed by atoms with Crippen molar-refractivity contribution in [2.45, 2.75) is 131 Å². The molecule has 1 heterocycles. The average Bonchev–Trinajstić information content (AvgIpc) is 3.21. The van der Waals surface area contributed by atoms with Crippen LogP contribution < -0.4 is 0 Å². The Bertz CT molecular complexity index is 1590. The lowest BCUT2D eigenvalue weighted by Crippen LogP contribution is -2.75. The monoisotopic (exact) mass is 712 g/mol. The molecule has 4 rings (SSSR count). The Morgan fingerprint density at radius 2 is 1.65 bits per heavy atom. The zero-order valence-electron chi connectivity index (χ0n) is 31.3. The highest BCUT2D eigenvalue weighted by Crippen LogP contribution is 2.64. The van der Waals surface area contributed by atoms with E-state index in [1.165, 1.54) is 32.9 Å². The highest BCUT2D eigenvalue weighted by Gasteiger charge is 2.74. The van der Waals surface area contributed by atoms with E-state index in [-0.39, 0.29) is 60.1 Å². The first-order valence-corrected chi connectivity index (χ1v) is 17.5. The van der Waals surface area contributed by atoms with E-state index >= 15 is 4.79 Å². The number of aliphatic hydroxyl groups is 1. The highest BCUT2D eigenvalue weighted by atomic mass is 16.7. The second-order valence-electron chi connectivity index (χ2n) is 16.0.